The van der Waals surface area contributed by atoms with Crippen molar-refractivity contribution in [2.45, 2.75) is 76.2 Å². The molecule has 6 rings (SSSR count). The van der Waals surface area contributed by atoms with Crippen LogP contribution in [-0.2, 0) is 10.9 Å². The molecular weight excluding hydrogens is 630 g/mol. The molecule has 3 aliphatic rings. The number of methoxy groups -OCH3 is 1. The highest BCUT2D eigenvalue weighted by atomic mass is 19.4. The van der Waals surface area contributed by atoms with Gasteiger partial charge in [-0.25, -0.2) is 23.1 Å². The number of likely N-dealkylation sites (tertiary alicyclic amines) is 1. The number of nitrogens with zero attached hydrogens (tertiary/aromatic N) is 5. The van der Waals surface area contributed by atoms with Gasteiger partial charge in [0.2, 0.25) is 11.8 Å². The highest BCUT2D eigenvalue weighted by molar-refractivity contribution is 5.96. The van der Waals surface area contributed by atoms with E-state index in [2.05, 4.69) is 20.3 Å². The second-order valence-corrected chi connectivity index (χ2v) is 13.5. The molecule has 0 bridgehead atoms. The predicted molar refractivity (Wildman–Crippen MR) is 165 cm³/mol. The second-order valence-electron chi connectivity index (χ2n) is 13.5. The standard InChI is InChI=1S/C31H38F6N8O2/c1-14(9-29(3)6-7-40-29)47-27-20-25(23(34)24(41-27)16-8-18(38)22(33)15(2)21(16)31(35,36)37)42-28(43-26(20)39)44-12-30(4,13-44)45-10-17(32)19(11-45)46-5/h8,14,17,19,40H,6-7,9-13,38H2,1-5H3,(H2,39,42,43). The first-order valence-electron chi connectivity index (χ1n) is 15.4. The number of nitrogens with one attached hydrogen (secondary N) is 1. The number of fused-ring (bicyclic) bond motifs is 1. The number of hydrogen-bond donors (Lipinski definition) is 3. The summed E-state index contributed by atoms with van der Waals surface area (Å²) >= 11 is 0. The van der Waals surface area contributed by atoms with Gasteiger partial charge >= 0.3 is 6.18 Å². The van der Waals surface area contributed by atoms with Crippen LogP contribution in [0.15, 0.2) is 6.07 Å². The molecule has 3 aromatic rings. The van der Waals surface area contributed by atoms with E-state index in [0.717, 1.165) is 19.9 Å². The molecule has 5 N–H and O–H groups in total. The van der Waals surface area contributed by atoms with Crippen LogP contribution in [0.25, 0.3) is 22.2 Å². The Kier molecular flexibility index (Phi) is 8.15. The molecule has 3 saturated heterocycles. The molecule has 16 heteroatoms. The Bertz CT molecular complexity index is 1710. The molecule has 5 heterocycles. The molecule has 0 spiro atoms. The van der Waals surface area contributed by atoms with Gasteiger partial charge in [0.1, 0.15) is 40.5 Å². The van der Waals surface area contributed by atoms with Crippen LogP contribution in [0.1, 0.15) is 44.7 Å². The van der Waals surface area contributed by atoms with E-state index in [1.165, 1.54) is 7.11 Å². The lowest BCUT2D eigenvalue weighted by Crippen LogP contribution is -2.68. The first-order chi connectivity index (χ1) is 21.9. The fraction of sp³-hybridized carbons (Fsp3) is 0.581. The molecule has 0 amide bonds. The van der Waals surface area contributed by atoms with Crippen LogP contribution < -0.4 is 26.4 Å². The van der Waals surface area contributed by atoms with Gasteiger partial charge in [0.25, 0.3) is 0 Å². The predicted octanol–water partition coefficient (Wildman–Crippen LogP) is 4.62. The first-order valence-corrected chi connectivity index (χ1v) is 15.4. The van der Waals surface area contributed by atoms with Crippen molar-refractivity contribution in [3.8, 4) is 17.1 Å². The minimum atomic E-state index is -5.08. The van der Waals surface area contributed by atoms with Crippen molar-refractivity contribution < 1.29 is 35.8 Å². The van der Waals surface area contributed by atoms with Crippen molar-refractivity contribution in [1.82, 2.24) is 25.2 Å². The maximum Gasteiger partial charge on any atom is 0.417 e. The summed E-state index contributed by atoms with van der Waals surface area (Å²) in [5, 5.41) is 3.21. The number of nitrogens with two attached hydrogens (primary N) is 2. The van der Waals surface area contributed by atoms with Crippen LogP contribution in [0.2, 0.25) is 0 Å². The minimum Gasteiger partial charge on any atom is -0.474 e. The number of pyridine rings is 1. The van der Waals surface area contributed by atoms with E-state index in [0.29, 0.717) is 32.1 Å². The first kappa shape index (κ1) is 33.3. The number of alkyl halides is 4. The topological polar surface area (TPSA) is 128 Å². The SMILES string of the molecule is COC1CN(C2(C)CN(c3nc(N)c4c(OC(C)CC5(C)CCN5)nc(-c5cc(N)c(F)c(C)c5C(F)(F)F)c(F)c4n3)C2)CC1F. The molecular formula is C31H38F6N8O2. The van der Waals surface area contributed by atoms with Crippen LogP contribution in [-0.4, -0.2) is 89.1 Å². The number of benzene rings is 1. The number of anilines is 3. The Morgan fingerprint density at radius 1 is 1.11 bits per heavy atom. The van der Waals surface area contributed by atoms with E-state index >= 15 is 4.39 Å². The highest BCUT2D eigenvalue weighted by Gasteiger charge is 2.50. The molecule has 47 heavy (non-hydrogen) atoms. The van der Waals surface area contributed by atoms with Gasteiger partial charge in [-0.3, -0.25) is 4.90 Å². The van der Waals surface area contributed by atoms with Gasteiger partial charge < -0.3 is 31.2 Å². The summed E-state index contributed by atoms with van der Waals surface area (Å²) in [6, 6.07) is 0.711. The number of halogens is 6. The molecule has 3 fully saturated rings. The van der Waals surface area contributed by atoms with E-state index < -0.39 is 75.3 Å². The van der Waals surface area contributed by atoms with E-state index in [-0.39, 0.29) is 35.1 Å². The molecule has 0 aliphatic carbocycles. The van der Waals surface area contributed by atoms with Crippen LogP contribution in [0, 0.1) is 18.6 Å². The van der Waals surface area contributed by atoms with Gasteiger partial charge in [0.15, 0.2) is 5.82 Å². The van der Waals surface area contributed by atoms with Gasteiger partial charge in [-0.2, -0.15) is 18.2 Å². The Hall–Kier alpha value is -3.63. The van der Waals surface area contributed by atoms with Crippen LogP contribution >= 0.6 is 0 Å². The Morgan fingerprint density at radius 3 is 2.36 bits per heavy atom. The summed E-state index contributed by atoms with van der Waals surface area (Å²) in [6.45, 7) is 8.72. The number of hydrogen-bond acceptors (Lipinski definition) is 10. The van der Waals surface area contributed by atoms with Crippen LogP contribution in [0.4, 0.5) is 43.8 Å². The third kappa shape index (κ3) is 5.77. The Balaban J connectivity index is 1.45. The summed E-state index contributed by atoms with van der Waals surface area (Å²) in [4.78, 5) is 16.7. The third-order valence-electron chi connectivity index (χ3n) is 9.72. The van der Waals surface area contributed by atoms with E-state index in [4.69, 9.17) is 20.9 Å². The van der Waals surface area contributed by atoms with Crippen molar-refractivity contribution in [3.63, 3.8) is 0 Å². The summed E-state index contributed by atoms with van der Waals surface area (Å²) in [7, 11) is 1.46. The number of aromatic nitrogens is 3. The average molecular weight is 669 g/mol. The molecule has 256 valence electrons. The lowest BCUT2D eigenvalue weighted by molar-refractivity contribution is -0.137. The lowest BCUT2D eigenvalue weighted by Gasteiger charge is -2.53. The molecule has 1 aromatic carbocycles. The van der Waals surface area contributed by atoms with Crippen molar-refractivity contribution in [2.75, 3.05) is 56.2 Å². The van der Waals surface area contributed by atoms with Crippen molar-refractivity contribution in [1.29, 1.82) is 0 Å². The maximum absolute atomic E-state index is 16.5. The largest absolute Gasteiger partial charge is 0.474 e. The van der Waals surface area contributed by atoms with Gasteiger partial charge in [-0.15, -0.1) is 0 Å². The van der Waals surface area contributed by atoms with Gasteiger partial charge in [0.05, 0.1) is 22.9 Å². The summed E-state index contributed by atoms with van der Waals surface area (Å²) in [5.74, 6) is -2.93. The normalized spacial score (nSPS) is 25.1. The zero-order valence-electron chi connectivity index (χ0n) is 26.7. The van der Waals surface area contributed by atoms with Crippen molar-refractivity contribution in [2.24, 2.45) is 0 Å². The molecule has 2 aromatic heterocycles. The maximum atomic E-state index is 16.5. The van der Waals surface area contributed by atoms with E-state index in [9.17, 15) is 22.0 Å². The van der Waals surface area contributed by atoms with Crippen LogP contribution in [0.5, 0.6) is 5.88 Å². The number of rotatable bonds is 8. The van der Waals surface area contributed by atoms with Crippen LogP contribution in [0.3, 0.4) is 0 Å². The zero-order chi connectivity index (χ0) is 34.2. The molecule has 3 aliphatic heterocycles. The molecule has 0 saturated carbocycles. The minimum absolute atomic E-state index is 0.0267. The molecule has 10 nitrogen and oxygen atoms in total. The molecule has 4 atom stereocenters. The summed E-state index contributed by atoms with van der Waals surface area (Å²) in [5.41, 5.74) is 6.63. The second kappa shape index (κ2) is 11.5. The number of ether oxygens (including phenoxy) is 2. The van der Waals surface area contributed by atoms with Gasteiger partial charge in [-0.1, -0.05) is 0 Å². The van der Waals surface area contributed by atoms with E-state index in [1.54, 1.807) is 11.8 Å². The molecule has 0 radical (unpaired) electrons. The highest BCUT2D eigenvalue weighted by Crippen LogP contribution is 2.45. The Morgan fingerprint density at radius 2 is 1.79 bits per heavy atom. The smallest absolute Gasteiger partial charge is 0.417 e. The quantitative estimate of drug-likeness (QED) is 0.231. The average Bonchev–Trinajstić information content (AvgIpc) is 3.34. The fourth-order valence-corrected chi connectivity index (χ4v) is 7.04. The Labute approximate surface area is 267 Å². The van der Waals surface area contributed by atoms with Gasteiger partial charge in [-0.05, 0) is 52.3 Å². The zero-order valence-corrected chi connectivity index (χ0v) is 26.7. The summed E-state index contributed by atoms with van der Waals surface area (Å²) in [6.07, 6.45) is -5.93. The van der Waals surface area contributed by atoms with Crippen molar-refractivity contribution >= 4 is 28.4 Å². The monoisotopic (exact) mass is 668 g/mol. The van der Waals surface area contributed by atoms with E-state index in [1.807, 2.05) is 18.7 Å². The third-order valence-corrected chi connectivity index (χ3v) is 9.72. The number of nitrogen functional groups attached to an aromatic ring is 2. The van der Waals surface area contributed by atoms with Crippen molar-refractivity contribution in [3.05, 3.63) is 28.8 Å². The molecule has 4 unspecified atom stereocenters. The summed E-state index contributed by atoms with van der Waals surface area (Å²) < 4.78 is 100. The fourth-order valence-electron chi connectivity index (χ4n) is 7.04. The van der Waals surface area contributed by atoms with Gasteiger partial charge in [0, 0.05) is 50.8 Å². The lowest BCUT2D eigenvalue weighted by atomic mass is 9.85.